The molecule has 0 spiro atoms. The number of thioether (sulfide) groups is 1. The summed E-state index contributed by atoms with van der Waals surface area (Å²) in [4.78, 5) is 13.4. The van der Waals surface area contributed by atoms with Gasteiger partial charge in [0.15, 0.2) is 6.61 Å². The number of benzene rings is 3. The predicted octanol–water partition coefficient (Wildman–Crippen LogP) is 5.26. The van der Waals surface area contributed by atoms with Gasteiger partial charge in [-0.2, -0.15) is 5.26 Å². The van der Waals surface area contributed by atoms with Gasteiger partial charge in [-0.25, -0.2) is 4.79 Å². The number of rotatable bonds is 6. The lowest BCUT2D eigenvalue weighted by atomic mass is 9.83. The van der Waals surface area contributed by atoms with Crippen molar-refractivity contribution in [2.75, 3.05) is 12.9 Å². The van der Waals surface area contributed by atoms with Crippen LogP contribution in [0, 0.1) is 11.3 Å². The standard InChI is InChI=1S/C25H19ClN2O4S/c1-33-17-9-6-15(7-10-17)24-18-11-8-16(12-22(18)32-25(28)19(24)13-27)31-23(29)14-30-21-5-3-2-4-20(21)26/h2-12,24H,14,28H2,1H3. The molecule has 6 nitrogen and oxygen atoms in total. The Bertz CT molecular complexity index is 1270. The van der Waals surface area contributed by atoms with Crippen LogP contribution in [-0.4, -0.2) is 18.8 Å². The first kappa shape index (κ1) is 22.6. The van der Waals surface area contributed by atoms with Gasteiger partial charge in [-0.1, -0.05) is 41.9 Å². The van der Waals surface area contributed by atoms with Gasteiger partial charge >= 0.3 is 5.97 Å². The van der Waals surface area contributed by atoms with Gasteiger partial charge in [0.2, 0.25) is 5.88 Å². The number of nitriles is 1. The monoisotopic (exact) mass is 478 g/mol. The normalized spacial score (nSPS) is 14.6. The van der Waals surface area contributed by atoms with Gasteiger partial charge in [0, 0.05) is 16.5 Å². The molecule has 0 saturated carbocycles. The van der Waals surface area contributed by atoms with Crippen molar-refractivity contribution in [2.24, 2.45) is 5.73 Å². The Morgan fingerprint density at radius 1 is 1.18 bits per heavy atom. The number of nitrogens with two attached hydrogens (primary N) is 1. The molecule has 1 atom stereocenters. The summed E-state index contributed by atoms with van der Waals surface area (Å²) in [6, 6.07) is 21.9. The number of esters is 1. The molecule has 2 N–H and O–H groups in total. The van der Waals surface area contributed by atoms with Crippen LogP contribution in [-0.2, 0) is 4.79 Å². The van der Waals surface area contributed by atoms with E-state index in [2.05, 4.69) is 6.07 Å². The van der Waals surface area contributed by atoms with E-state index in [0.29, 0.717) is 22.1 Å². The average Bonchev–Trinajstić information content (AvgIpc) is 2.82. The summed E-state index contributed by atoms with van der Waals surface area (Å²) in [5.41, 5.74) is 8.05. The Kier molecular flexibility index (Phi) is 6.78. The van der Waals surface area contributed by atoms with Gasteiger partial charge in [0.25, 0.3) is 0 Å². The molecule has 0 radical (unpaired) electrons. The van der Waals surface area contributed by atoms with Gasteiger partial charge in [0.1, 0.15) is 28.9 Å². The highest BCUT2D eigenvalue weighted by molar-refractivity contribution is 7.98. The largest absolute Gasteiger partial charge is 0.480 e. The van der Waals surface area contributed by atoms with Gasteiger partial charge in [-0.3, -0.25) is 0 Å². The number of fused-ring (bicyclic) bond motifs is 1. The maximum absolute atomic E-state index is 12.3. The minimum Gasteiger partial charge on any atom is -0.480 e. The number of hydrogen-bond acceptors (Lipinski definition) is 7. The molecule has 166 valence electrons. The Hall–Kier alpha value is -3.60. The molecule has 0 bridgehead atoms. The molecule has 3 aromatic carbocycles. The van der Waals surface area contributed by atoms with Crippen molar-refractivity contribution in [1.82, 2.24) is 0 Å². The number of ether oxygens (including phenoxy) is 3. The highest BCUT2D eigenvalue weighted by Gasteiger charge is 2.31. The summed E-state index contributed by atoms with van der Waals surface area (Å²) in [5, 5.41) is 10.1. The first-order chi connectivity index (χ1) is 16.0. The summed E-state index contributed by atoms with van der Waals surface area (Å²) in [5.74, 6) is 0.115. The minimum absolute atomic E-state index is 0.0227. The lowest BCUT2D eigenvalue weighted by Gasteiger charge is -2.26. The third kappa shape index (κ3) is 4.92. The van der Waals surface area contributed by atoms with E-state index < -0.39 is 5.97 Å². The minimum atomic E-state index is -0.601. The van der Waals surface area contributed by atoms with Gasteiger partial charge in [-0.15, -0.1) is 11.8 Å². The third-order valence-corrected chi connectivity index (χ3v) is 6.11. The zero-order chi connectivity index (χ0) is 23.4. The Balaban J connectivity index is 1.55. The number of nitrogens with zero attached hydrogens (tertiary/aromatic N) is 1. The second-order valence-electron chi connectivity index (χ2n) is 7.09. The van der Waals surface area contributed by atoms with E-state index >= 15 is 0 Å². The molecule has 0 aliphatic carbocycles. The molecule has 3 aromatic rings. The van der Waals surface area contributed by atoms with Crippen molar-refractivity contribution >= 4 is 29.3 Å². The molecule has 1 unspecified atom stereocenters. The molecule has 0 amide bonds. The predicted molar refractivity (Wildman–Crippen MR) is 127 cm³/mol. The molecule has 0 fully saturated rings. The van der Waals surface area contributed by atoms with E-state index in [4.69, 9.17) is 31.5 Å². The third-order valence-electron chi connectivity index (χ3n) is 5.05. The van der Waals surface area contributed by atoms with Crippen molar-refractivity contribution < 1.29 is 19.0 Å². The number of carbonyl (C=O) groups excluding carboxylic acids is 1. The van der Waals surface area contributed by atoms with E-state index in [1.807, 2.05) is 30.5 Å². The number of para-hydroxylation sites is 1. The van der Waals surface area contributed by atoms with Crippen molar-refractivity contribution in [1.29, 1.82) is 5.26 Å². The molecule has 8 heteroatoms. The van der Waals surface area contributed by atoms with Crippen LogP contribution in [0.4, 0.5) is 0 Å². The Labute approximate surface area is 200 Å². The van der Waals surface area contributed by atoms with Crippen LogP contribution in [0.1, 0.15) is 17.0 Å². The topological polar surface area (TPSA) is 94.6 Å². The lowest BCUT2D eigenvalue weighted by molar-refractivity contribution is -0.136. The zero-order valence-electron chi connectivity index (χ0n) is 17.6. The SMILES string of the molecule is CSc1ccc(C2C(C#N)=C(N)Oc3cc(OC(=O)COc4ccccc4Cl)ccc32)cc1. The Morgan fingerprint density at radius 2 is 1.94 bits per heavy atom. The summed E-state index contributed by atoms with van der Waals surface area (Å²) in [6.07, 6.45) is 2.00. The van der Waals surface area contributed by atoms with E-state index in [9.17, 15) is 10.1 Å². The fourth-order valence-corrected chi connectivity index (χ4v) is 4.10. The number of carbonyl (C=O) groups is 1. The molecule has 0 aromatic heterocycles. The summed E-state index contributed by atoms with van der Waals surface area (Å²) in [6.45, 7) is -0.313. The first-order valence-electron chi connectivity index (χ1n) is 9.93. The van der Waals surface area contributed by atoms with E-state index in [1.54, 1.807) is 54.2 Å². The molecule has 1 aliphatic heterocycles. The molecule has 33 heavy (non-hydrogen) atoms. The maximum Gasteiger partial charge on any atom is 0.349 e. The van der Waals surface area contributed by atoms with Crippen LogP contribution in [0.15, 0.2) is 83.1 Å². The summed E-state index contributed by atoms with van der Waals surface area (Å²) >= 11 is 7.67. The second-order valence-corrected chi connectivity index (χ2v) is 8.38. The highest BCUT2D eigenvalue weighted by Crippen LogP contribution is 2.43. The molecular weight excluding hydrogens is 460 g/mol. The van der Waals surface area contributed by atoms with Gasteiger partial charge < -0.3 is 19.9 Å². The van der Waals surface area contributed by atoms with Crippen molar-refractivity contribution in [3.05, 3.63) is 94.3 Å². The van der Waals surface area contributed by atoms with E-state index in [-0.39, 0.29) is 24.2 Å². The van der Waals surface area contributed by atoms with Crippen LogP contribution in [0.5, 0.6) is 17.2 Å². The zero-order valence-corrected chi connectivity index (χ0v) is 19.2. The van der Waals surface area contributed by atoms with E-state index in [0.717, 1.165) is 16.0 Å². The summed E-state index contributed by atoms with van der Waals surface area (Å²) in [7, 11) is 0. The molecule has 1 heterocycles. The molecular formula is C25H19ClN2O4S. The second kappa shape index (κ2) is 9.90. The van der Waals surface area contributed by atoms with E-state index in [1.165, 1.54) is 0 Å². The van der Waals surface area contributed by atoms with Crippen LogP contribution < -0.4 is 19.9 Å². The molecule has 0 saturated heterocycles. The van der Waals surface area contributed by atoms with Crippen LogP contribution in [0.2, 0.25) is 5.02 Å². The van der Waals surface area contributed by atoms with Crippen molar-refractivity contribution in [3.8, 4) is 23.3 Å². The van der Waals surface area contributed by atoms with Crippen LogP contribution >= 0.6 is 23.4 Å². The highest BCUT2D eigenvalue weighted by atomic mass is 35.5. The molecule has 1 aliphatic rings. The smallest absolute Gasteiger partial charge is 0.349 e. The van der Waals surface area contributed by atoms with Gasteiger partial charge in [-0.05, 0) is 42.2 Å². The average molecular weight is 479 g/mol. The lowest BCUT2D eigenvalue weighted by Crippen LogP contribution is -2.21. The quantitative estimate of drug-likeness (QED) is 0.293. The maximum atomic E-state index is 12.3. The summed E-state index contributed by atoms with van der Waals surface area (Å²) < 4.78 is 16.5. The fraction of sp³-hybridized carbons (Fsp3) is 0.120. The van der Waals surface area contributed by atoms with Crippen LogP contribution in [0.25, 0.3) is 0 Å². The van der Waals surface area contributed by atoms with Crippen LogP contribution in [0.3, 0.4) is 0 Å². The Morgan fingerprint density at radius 3 is 2.64 bits per heavy atom. The number of hydrogen-bond donors (Lipinski definition) is 1. The van der Waals surface area contributed by atoms with Crippen molar-refractivity contribution in [2.45, 2.75) is 10.8 Å². The number of halogens is 1. The fourth-order valence-electron chi connectivity index (χ4n) is 3.50. The molecule has 4 rings (SSSR count). The van der Waals surface area contributed by atoms with Gasteiger partial charge in [0.05, 0.1) is 10.9 Å². The van der Waals surface area contributed by atoms with Crippen molar-refractivity contribution in [3.63, 3.8) is 0 Å². The first-order valence-corrected chi connectivity index (χ1v) is 11.5. The number of allylic oxidation sites excluding steroid dienone is 1.